The molecule has 0 fully saturated rings. The van der Waals surface area contributed by atoms with Gasteiger partial charge in [0.25, 0.3) is 0 Å². The highest BCUT2D eigenvalue weighted by Crippen LogP contribution is 2.21. The Morgan fingerprint density at radius 3 is 2.74 bits per heavy atom. The summed E-state index contributed by atoms with van der Waals surface area (Å²) in [6.07, 6.45) is 3.57. The van der Waals surface area contributed by atoms with Crippen molar-refractivity contribution >= 4 is 21.4 Å². The van der Waals surface area contributed by atoms with Crippen molar-refractivity contribution in [1.29, 1.82) is 0 Å². The Bertz CT molecular complexity index is 652. The Balaban J connectivity index is 2.00. The largest absolute Gasteiger partial charge is 0.398 e. The SMILES string of the molecule is Nc1cc(NCCn2cccn2)ccc1S(N)(=O)=O. The summed E-state index contributed by atoms with van der Waals surface area (Å²) in [6, 6.07) is 6.40. The van der Waals surface area contributed by atoms with Gasteiger partial charge in [0.05, 0.1) is 12.2 Å². The first-order valence-corrected chi connectivity index (χ1v) is 7.15. The maximum Gasteiger partial charge on any atom is 0.240 e. The third-order valence-electron chi connectivity index (χ3n) is 2.55. The van der Waals surface area contributed by atoms with Gasteiger partial charge in [-0.15, -0.1) is 0 Å². The van der Waals surface area contributed by atoms with Crippen molar-refractivity contribution in [1.82, 2.24) is 9.78 Å². The van der Waals surface area contributed by atoms with E-state index in [1.807, 2.05) is 12.3 Å². The summed E-state index contributed by atoms with van der Waals surface area (Å²) >= 11 is 0. The fourth-order valence-electron chi connectivity index (χ4n) is 1.67. The topological polar surface area (TPSA) is 116 Å². The molecule has 8 heteroatoms. The Kier molecular flexibility index (Phi) is 3.72. The molecule has 1 aromatic carbocycles. The lowest BCUT2D eigenvalue weighted by Gasteiger charge is -2.09. The van der Waals surface area contributed by atoms with Crippen molar-refractivity contribution in [2.24, 2.45) is 5.14 Å². The summed E-state index contributed by atoms with van der Waals surface area (Å²) in [5.74, 6) is 0. The number of primary sulfonamides is 1. The highest BCUT2D eigenvalue weighted by Gasteiger charge is 2.11. The van der Waals surface area contributed by atoms with Crippen molar-refractivity contribution in [3.05, 3.63) is 36.7 Å². The number of benzene rings is 1. The van der Waals surface area contributed by atoms with Gasteiger partial charge in [-0.05, 0) is 24.3 Å². The van der Waals surface area contributed by atoms with E-state index in [9.17, 15) is 8.42 Å². The van der Waals surface area contributed by atoms with E-state index in [2.05, 4.69) is 10.4 Å². The molecular weight excluding hydrogens is 266 g/mol. The molecule has 0 radical (unpaired) electrons. The number of hydrogen-bond donors (Lipinski definition) is 3. The zero-order valence-electron chi connectivity index (χ0n) is 10.2. The number of rotatable bonds is 5. The summed E-state index contributed by atoms with van der Waals surface area (Å²) < 4.78 is 24.2. The Hall–Kier alpha value is -2.06. The molecule has 0 spiro atoms. The minimum Gasteiger partial charge on any atom is -0.398 e. The number of anilines is 2. The number of aromatic nitrogens is 2. The average molecular weight is 281 g/mol. The predicted octanol–water partition coefficient (Wildman–Crippen LogP) is 0.225. The summed E-state index contributed by atoms with van der Waals surface area (Å²) in [7, 11) is -3.77. The molecule has 0 amide bonds. The number of sulfonamides is 1. The molecule has 0 saturated carbocycles. The highest BCUT2D eigenvalue weighted by atomic mass is 32.2. The van der Waals surface area contributed by atoms with Crippen LogP contribution in [-0.2, 0) is 16.6 Å². The summed E-state index contributed by atoms with van der Waals surface area (Å²) in [5, 5.41) is 12.2. The van der Waals surface area contributed by atoms with Gasteiger partial charge >= 0.3 is 0 Å². The first kappa shape index (κ1) is 13.4. The van der Waals surface area contributed by atoms with Crippen LogP contribution >= 0.6 is 0 Å². The van der Waals surface area contributed by atoms with Gasteiger partial charge in [0.1, 0.15) is 4.90 Å². The summed E-state index contributed by atoms with van der Waals surface area (Å²) in [4.78, 5) is -0.0647. The highest BCUT2D eigenvalue weighted by molar-refractivity contribution is 7.89. The number of nitrogens with zero attached hydrogens (tertiary/aromatic N) is 2. The Morgan fingerprint density at radius 2 is 2.16 bits per heavy atom. The average Bonchev–Trinajstić information content (AvgIpc) is 2.80. The van der Waals surface area contributed by atoms with Gasteiger partial charge in [-0.2, -0.15) is 5.10 Å². The fourth-order valence-corrected chi connectivity index (χ4v) is 2.31. The predicted molar refractivity (Wildman–Crippen MR) is 72.9 cm³/mol. The van der Waals surface area contributed by atoms with Crippen LogP contribution in [0.5, 0.6) is 0 Å². The molecular formula is C11H15N5O2S. The molecule has 1 aromatic heterocycles. The standard InChI is InChI=1S/C11H15N5O2S/c12-10-8-9(2-3-11(10)19(13,17)18)14-5-7-16-6-1-4-15-16/h1-4,6,8,14H,5,7,12H2,(H2,13,17,18). The second-order valence-corrected chi connectivity index (χ2v) is 5.52. The third kappa shape index (κ3) is 3.46. The van der Waals surface area contributed by atoms with Crippen LogP contribution in [0.2, 0.25) is 0 Å². The van der Waals surface area contributed by atoms with Crippen LogP contribution in [0, 0.1) is 0 Å². The molecule has 0 bridgehead atoms. The van der Waals surface area contributed by atoms with E-state index < -0.39 is 10.0 Å². The Labute approximate surface area is 111 Å². The van der Waals surface area contributed by atoms with Crippen molar-refractivity contribution in [2.75, 3.05) is 17.6 Å². The van der Waals surface area contributed by atoms with Gasteiger partial charge in [-0.3, -0.25) is 4.68 Å². The van der Waals surface area contributed by atoms with E-state index in [1.165, 1.54) is 6.07 Å². The number of nitrogens with two attached hydrogens (primary N) is 2. The molecule has 0 saturated heterocycles. The van der Waals surface area contributed by atoms with Crippen LogP contribution < -0.4 is 16.2 Å². The quantitative estimate of drug-likeness (QED) is 0.678. The van der Waals surface area contributed by atoms with Crippen LogP contribution in [0.15, 0.2) is 41.6 Å². The zero-order valence-corrected chi connectivity index (χ0v) is 11.0. The molecule has 0 aliphatic rings. The molecule has 0 atom stereocenters. The Morgan fingerprint density at radius 1 is 1.37 bits per heavy atom. The second kappa shape index (κ2) is 5.29. The van der Waals surface area contributed by atoms with E-state index in [-0.39, 0.29) is 10.6 Å². The van der Waals surface area contributed by atoms with Gasteiger partial charge in [0.2, 0.25) is 10.0 Å². The van der Waals surface area contributed by atoms with Crippen molar-refractivity contribution in [3.63, 3.8) is 0 Å². The van der Waals surface area contributed by atoms with Crippen LogP contribution in [0.3, 0.4) is 0 Å². The van der Waals surface area contributed by atoms with E-state index >= 15 is 0 Å². The zero-order chi connectivity index (χ0) is 13.9. The number of hydrogen-bond acceptors (Lipinski definition) is 5. The summed E-state index contributed by atoms with van der Waals surface area (Å²) in [5.41, 5.74) is 6.52. The molecule has 2 rings (SSSR count). The van der Waals surface area contributed by atoms with Crippen LogP contribution in [0.4, 0.5) is 11.4 Å². The van der Waals surface area contributed by atoms with Crippen LogP contribution in [0.1, 0.15) is 0 Å². The molecule has 0 aliphatic heterocycles. The van der Waals surface area contributed by atoms with Crippen molar-refractivity contribution in [3.8, 4) is 0 Å². The molecule has 102 valence electrons. The maximum atomic E-state index is 11.2. The number of nitrogens with one attached hydrogen (secondary N) is 1. The summed E-state index contributed by atoms with van der Waals surface area (Å²) in [6.45, 7) is 1.35. The molecule has 2 aromatic rings. The first-order chi connectivity index (χ1) is 8.97. The smallest absolute Gasteiger partial charge is 0.240 e. The van der Waals surface area contributed by atoms with Crippen molar-refractivity contribution in [2.45, 2.75) is 11.4 Å². The lowest BCUT2D eigenvalue weighted by molar-refractivity contribution is 0.598. The van der Waals surface area contributed by atoms with Gasteiger partial charge < -0.3 is 11.1 Å². The van der Waals surface area contributed by atoms with Crippen LogP contribution in [-0.4, -0.2) is 24.7 Å². The molecule has 5 N–H and O–H groups in total. The monoisotopic (exact) mass is 281 g/mol. The van der Waals surface area contributed by atoms with Gasteiger partial charge in [-0.1, -0.05) is 0 Å². The fraction of sp³-hybridized carbons (Fsp3) is 0.182. The van der Waals surface area contributed by atoms with Gasteiger partial charge in [0.15, 0.2) is 0 Å². The van der Waals surface area contributed by atoms with Crippen LogP contribution in [0.25, 0.3) is 0 Å². The first-order valence-electron chi connectivity index (χ1n) is 5.60. The van der Waals surface area contributed by atoms with Gasteiger partial charge in [-0.25, -0.2) is 13.6 Å². The molecule has 7 nitrogen and oxygen atoms in total. The molecule has 0 unspecified atom stereocenters. The minimum absolute atomic E-state index is 0.0647. The van der Waals surface area contributed by atoms with E-state index in [0.29, 0.717) is 13.1 Å². The van der Waals surface area contributed by atoms with E-state index in [1.54, 1.807) is 23.0 Å². The van der Waals surface area contributed by atoms with E-state index in [0.717, 1.165) is 5.69 Å². The minimum atomic E-state index is -3.77. The van der Waals surface area contributed by atoms with E-state index in [4.69, 9.17) is 10.9 Å². The third-order valence-corrected chi connectivity index (χ3v) is 3.53. The maximum absolute atomic E-state index is 11.2. The molecule has 0 aliphatic carbocycles. The number of nitrogen functional groups attached to an aromatic ring is 1. The lowest BCUT2D eigenvalue weighted by atomic mass is 10.3. The second-order valence-electron chi connectivity index (χ2n) is 3.99. The normalized spacial score (nSPS) is 11.4. The van der Waals surface area contributed by atoms with Crippen molar-refractivity contribution < 1.29 is 8.42 Å². The van der Waals surface area contributed by atoms with Gasteiger partial charge in [0, 0.05) is 24.6 Å². The molecule has 1 heterocycles. The lowest BCUT2D eigenvalue weighted by Crippen LogP contribution is -2.15. The molecule has 19 heavy (non-hydrogen) atoms.